The number of carbonyl (C=O) groups excluding carboxylic acids is 1. The monoisotopic (exact) mass is 534 g/mol. The van der Waals surface area contributed by atoms with Gasteiger partial charge < -0.3 is 32.8 Å². The predicted octanol–water partition coefficient (Wildman–Crippen LogP) is 5.20. The molecule has 4 aromatic rings. The van der Waals surface area contributed by atoms with Crippen molar-refractivity contribution < 1.29 is 37.6 Å². The van der Waals surface area contributed by atoms with Crippen molar-refractivity contribution in [2.75, 3.05) is 42.7 Å². The maximum atomic E-state index is 13.7. The van der Waals surface area contributed by atoms with Crippen molar-refractivity contribution in [2.45, 2.75) is 12.3 Å². The highest BCUT2D eigenvalue weighted by Crippen LogP contribution is 2.46. The molecule has 0 fully saturated rings. The normalized spacial score (nSPS) is 11.5. The third-order valence-electron chi connectivity index (χ3n) is 6.62. The summed E-state index contributed by atoms with van der Waals surface area (Å²) in [5.41, 5.74) is 2.19. The highest BCUT2D eigenvalue weighted by Gasteiger charge is 2.30. The van der Waals surface area contributed by atoms with Crippen molar-refractivity contribution >= 4 is 16.9 Å². The van der Waals surface area contributed by atoms with E-state index in [9.17, 15) is 9.59 Å². The molecule has 3 aromatic carbocycles. The number of benzene rings is 3. The lowest BCUT2D eigenvalue weighted by Gasteiger charge is -2.24. The Morgan fingerprint density at radius 2 is 1.41 bits per heavy atom. The summed E-state index contributed by atoms with van der Waals surface area (Å²) < 4.78 is 38.7. The molecule has 39 heavy (non-hydrogen) atoms. The second-order valence-corrected chi connectivity index (χ2v) is 8.55. The van der Waals surface area contributed by atoms with Crippen LogP contribution in [0.4, 0.5) is 0 Å². The average Bonchev–Trinajstić information content (AvgIpc) is 2.98. The summed E-state index contributed by atoms with van der Waals surface area (Å²) in [4.78, 5) is 26.4. The molecule has 0 bridgehead atoms. The first-order valence-electron chi connectivity index (χ1n) is 12.0. The number of rotatable bonds is 10. The Kier molecular flexibility index (Phi) is 8.29. The molecule has 0 saturated heterocycles. The van der Waals surface area contributed by atoms with Crippen molar-refractivity contribution in [3.8, 4) is 39.9 Å². The van der Waals surface area contributed by atoms with Crippen molar-refractivity contribution in [3.05, 3.63) is 76.1 Å². The third-order valence-corrected chi connectivity index (χ3v) is 6.62. The predicted molar refractivity (Wildman–Crippen MR) is 146 cm³/mol. The SMILES string of the molecule is COC(=O)CC(c1cc(OC)c(OC)cc1OC)c1c(OC)ccc2c(=O)c(-c3ccc(OC)cc3)coc12. The summed E-state index contributed by atoms with van der Waals surface area (Å²) in [6.45, 7) is 0. The van der Waals surface area contributed by atoms with Gasteiger partial charge in [0.2, 0.25) is 5.43 Å². The lowest BCUT2D eigenvalue weighted by molar-refractivity contribution is -0.140. The van der Waals surface area contributed by atoms with Crippen LogP contribution in [0.3, 0.4) is 0 Å². The van der Waals surface area contributed by atoms with Gasteiger partial charge >= 0.3 is 5.97 Å². The number of fused-ring (bicyclic) bond motifs is 1. The van der Waals surface area contributed by atoms with Crippen LogP contribution >= 0.6 is 0 Å². The van der Waals surface area contributed by atoms with Gasteiger partial charge in [-0.15, -0.1) is 0 Å². The number of hydrogen-bond acceptors (Lipinski definition) is 9. The van der Waals surface area contributed by atoms with Crippen LogP contribution in [0.15, 0.2) is 64.0 Å². The molecule has 1 atom stereocenters. The van der Waals surface area contributed by atoms with E-state index in [-0.39, 0.29) is 17.4 Å². The third kappa shape index (κ3) is 5.20. The second kappa shape index (κ2) is 11.8. The van der Waals surface area contributed by atoms with E-state index < -0.39 is 11.9 Å². The Bertz CT molecular complexity index is 1540. The Morgan fingerprint density at radius 3 is 2.00 bits per heavy atom. The molecule has 0 radical (unpaired) electrons. The van der Waals surface area contributed by atoms with E-state index in [1.165, 1.54) is 41.8 Å². The zero-order valence-electron chi connectivity index (χ0n) is 22.7. The van der Waals surface area contributed by atoms with Gasteiger partial charge in [0.05, 0.1) is 60.0 Å². The van der Waals surface area contributed by atoms with Gasteiger partial charge in [-0.05, 0) is 35.9 Å². The van der Waals surface area contributed by atoms with E-state index in [1.54, 1.807) is 55.6 Å². The van der Waals surface area contributed by atoms with Gasteiger partial charge in [-0.1, -0.05) is 12.1 Å². The molecule has 0 N–H and O–H groups in total. The van der Waals surface area contributed by atoms with Gasteiger partial charge in [0.15, 0.2) is 11.5 Å². The minimum Gasteiger partial charge on any atom is -0.497 e. The molecule has 9 nitrogen and oxygen atoms in total. The maximum Gasteiger partial charge on any atom is 0.306 e. The fraction of sp³-hybridized carbons (Fsp3) is 0.267. The largest absolute Gasteiger partial charge is 0.497 e. The number of methoxy groups -OCH3 is 6. The molecule has 0 aliphatic rings. The van der Waals surface area contributed by atoms with Gasteiger partial charge in [0.25, 0.3) is 0 Å². The van der Waals surface area contributed by atoms with E-state index in [0.717, 1.165) is 0 Å². The van der Waals surface area contributed by atoms with Gasteiger partial charge in [-0.25, -0.2) is 0 Å². The molecular weight excluding hydrogens is 504 g/mol. The smallest absolute Gasteiger partial charge is 0.306 e. The van der Waals surface area contributed by atoms with Gasteiger partial charge in [-0.2, -0.15) is 0 Å². The Morgan fingerprint density at radius 1 is 0.769 bits per heavy atom. The zero-order chi connectivity index (χ0) is 28.1. The minimum absolute atomic E-state index is 0.0955. The maximum absolute atomic E-state index is 13.7. The second-order valence-electron chi connectivity index (χ2n) is 8.55. The summed E-state index contributed by atoms with van der Waals surface area (Å²) in [6.07, 6.45) is 1.32. The fourth-order valence-electron chi connectivity index (χ4n) is 4.62. The van der Waals surface area contributed by atoms with E-state index in [2.05, 4.69) is 0 Å². The van der Waals surface area contributed by atoms with Crippen LogP contribution in [0.1, 0.15) is 23.5 Å². The standard InChI is InChI=1S/C30H30O9/c1-33-18-9-7-17(8-10-18)22-16-39-30-19(29(22)32)11-12-23(34-2)28(30)21(14-27(31)38-6)20-13-25(36-4)26(37-5)15-24(20)35-3/h7-13,15-16,21H,14H2,1-6H3. The van der Waals surface area contributed by atoms with Gasteiger partial charge in [0.1, 0.15) is 29.1 Å². The molecule has 0 aliphatic carbocycles. The van der Waals surface area contributed by atoms with Gasteiger partial charge in [-0.3, -0.25) is 9.59 Å². The number of carbonyl (C=O) groups is 1. The minimum atomic E-state index is -0.694. The van der Waals surface area contributed by atoms with E-state index in [1.807, 2.05) is 0 Å². The summed E-state index contributed by atoms with van der Waals surface area (Å²) in [7, 11) is 8.95. The molecule has 1 heterocycles. The Hall–Kier alpha value is -4.66. The topological polar surface area (TPSA) is 103 Å². The average molecular weight is 535 g/mol. The summed E-state index contributed by atoms with van der Waals surface area (Å²) in [5, 5.41) is 0.327. The number of esters is 1. The number of ether oxygens (including phenoxy) is 6. The van der Waals surface area contributed by atoms with Crippen LogP contribution in [-0.2, 0) is 9.53 Å². The molecule has 204 valence electrons. The lowest BCUT2D eigenvalue weighted by atomic mass is 9.85. The first kappa shape index (κ1) is 27.4. The summed E-state index contributed by atoms with van der Waals surface area (Å²) in [6, 6.07) is 13.9. The van der Waals surface area contributed by atoms with Crippen molar-refractivity contribution in [3.63, 3.8) is 0 Å². The van der Waals surface area contributed by atoms with Crippen molar-refractivity contribution in [1.82, 2.24) is 0 Å². The zero-order valence-corrected chi connectivity index (χ0v) is 22.7. The van der Waals surface area contributed by atoms with Crippen LogP contribution < -0.4 is 29.1 Å². The summed E-state index contributed by atoms with van der Waals surface area (Å²) in [5.74, 6) is 1.26. The van der Waals surface area contributed by atoms with E-state index in [4.69, 9.17) is 32.8 Å². The Labute approximate surface area is 225 Å². The van der Waals surface area contributed by atoms with Crippen LogP contribution in [-0.4, -0.2) is 48.6 Å². The summed E-state index contributed by atoms with van der Waals surface area (Å²) >= 11 is 0. The molecule has 0 saturated carbocycles. The molecule has 0 spiro atoms. The molecule has 4 rings (SSSR count). The fourth-order valence-corrected chi connectivity index (χ4v) is 4.62. The molecule has 0 aliphatic heterocycles. The van der Waals surface area contributed by atoms with Crippen LogP contribution in [0.5, 0.6) is 28.7 Å². The first-order chi connectivity index (χ1) is 18.9. The molecular formula is C30H30O9. The molecule has 1 aromatic heterocycles. The van der Waals surface area contributed by atoms with Crippen LogP contribution in [0.25, 0.3) is 22.1 Å². The highest BCUT2D eigenvalue weighted by molar-refractivity contribution is 5.88. The van der Waals surface area contributed by atoms with Gasteiger partial charge in [0, 0.05) is 23.1 Å². The number of hydrogen-bond donors (Lipinski definition) is 0. The first-order valence-corrected chi connectivity index (χ1v) is 12.0. The van der Waals surface area contributed by atoms with E-state index in [0.29, 0.717) is 56.4 Å². The highest BCUT2D eigenvalue weighted by atomic mass is 16.5. The molecule has 0 amide bonds. The van der Waals surface area contributed by atoms with Crippen LogP contribution in [0, 0.1) is 0 Å². The van der Waals surface area contributed by atoms with Crippen molar-refractivity contribution in [2.24, 2.45) is 0 Å². The lowest BCUT2D eigenvalue weighted by Crippen LogP contribution is -2.14. The Balaban J connectivity index is 2.00. The quantitative estimate of drug-likeness (QED) is 0.254. The van der Waals surface area contributed by atoms with E-state index >= 15 is 0 Å². The molecule has 1 unspecified atom stereocenters. The van der Waals surface area contributed by atoms with Crippen molar-refractivity contribution in [1.29, 1.82) is 0 Å². The van der Waals surface area contributed by atoms with Crippen LogP contribution in [0.2, 0.25) is 0 Å². The molecule has 9 heteroatoms.